The quantitative estimate of drug-likeness (QED) is 0.528. The third kappa shape index (κ3) is 2.76. The molecule has 0 aromatic carbocycles. The molecule has 7 heteroatoms. The van der Waals surface area contributed by atoms with Crippen LogP contribution in [-0.2, 0) is 9.53 Å². The lowest BCUT2D eigenvalue weighted by Crippen LogP contribution is -2.84. The van der Waals surface area contributed by atoms with E-state index in [1.807, 2.05) is 23.6 Å². The van der Waals surface area contributed by atoms with Crippen molar-refractivity contribution in [2.75, 3.05) is 13.2 Å². The molecule has 2 aliphatic carbocycles. The van der Waals surface area contributed by atoms with Gasteiger partial charge in [-0.15, -0.1) is 11.3 Å². The van der Waals surface area contributed by atoms with Crippen LogP contribution in [0.4, 0.5) is 0 Å². The van der Waals surface area contributed by atoms with Gasteiger partial charge in [0, 0.05) is 12.0 Å². The minimum absolute atomic E-state index is 0.0438. The third-order valence-electron chi connectivity index (χ3n) is 8.85. The van der Waals surface area contributed by atoms with E-state index < -0.39 is 17.7 Å². The molecule has 6 nitrogen and oxygen atoms in total. The number of carbonyl (C=O) groups is 1. The van der Waals surface area contributed by atoms with Gasteiger partial charge in [-0.05, 0) is 67.0 Å². The Labute approximate surface area is 187 Å². The van der Waals surface area contributed by atoms with Gasteiger partial charge in [-0.1, -0.05) is 26.0 Å². The largest absolute Gasteiger partial charge is 0.476 e. The van der Waals surface area contributed by atoms with E-state index in [1.165, 1.54) is 16.4 Å². The molecule has 3 heterocycles. The van der Waals surface area contributed by atoms with Gasteiger partial charge in [-0.3, -0.25) is 0 Å². The van der Waals surface area contributed by atoms with E-state index in [9.17, 15) is 15.1 Å². The van der Waals surface area contributed by atoms with Gasteiger partial charge in [0.2, 0.25) is 0 Å². The number of carbonyl (C=O) groups excluding carboxylic acids is 1. The lowest BCUT2D eigenvalue weighted by Gasteiger charge is -2.76. The molecule has 3 fully saturated rings. The molecule has 2 saturated carbocycles. The summed E-state index contributed by atoms with van der Waals surface area (Å²) in [7, 11) is 0. The first kappa shape index (κ1) is 21.2. The predicted octanol–water partition coefficient (Wildman–Crippen LogP) is 3.95. The highest BCUT2D eigenvalue weighted by atomic mass is 32.1. The van der Waals surface area contributed by atoms with Gasteiger partial charge in [0.05, 0.1) is 17.2 Å². The van der Waals surface area contributed by atoms with Crippen LogP contribution in [0.2, 0.25) is 0 Å². The van der Waals surface area contributed by atoms with Crippen molar-refractivity contribution in [1.29, 1.82) is 0 Å². The fourth-order valence-corrected chi connectivity index (χ4v) is 7.81. The number of esters is 1. The minimum Gasteiger partial charge on any atom is -0.476 e. The number of hydrogen-bond donors (Lipinski definition) is 2. The number of hydrogen-bond acceptors (Lipinski definition) is 7. The molecule has 0 radical (unpaired) electrons. The van der Waals surface area contributed by atoms with Crippen LogP contribution in [0, 0.1) is 16.7 Å². The molecule has 2 N–H and O–H groups in total. The molecule has 4 aliphatic rings. The van der Waals surface area contributed by atoms with Crippen molar-refractivity contribution in [3.05, 3.63) is 41.3 Å². The summed E-state index contributed by atoms with van der Waals surface area (Å²) in [6.45, 7) is 9.53. The average molecular weight is 446 g/mol. The molecule has 0 bridgehead atoms. The average Bonchev–Trinajstić information content (AvgIpc) is 3.39. The van der Waals surface area contributed by atoms with E-state index in [2.05, 4.69) is 20.4 Å². The molecule has 0 amide bonds. The van der Waals surface area contributed by atoms with E-state index in [0.717, 1.165) is 29.9 Å². The Morgan fingerprint density at radius 3 is 2.84 bits per heavy atom. The molecule has 31 heavy (non-hydrogen) atoms. The van der Waals surface area contributed by atoms with Gasteiger partial charge in [0.15, 0.2) is 5.06 Å². The van der Waals surface area contributed by atoms with Gasteiger partial charge in [-0.2, -0.15) is 5.06 Å². The van der Waals surface area contributed by atoms with Crippen molar-refractivity contribution in [3.8, 4) is 5.06 Å². The number of thiophene rings is 1. The summed E-state index contributed by atoms with van der Waals surface area (Å²) in [6, 6.07) is 3.84. The zero-order chi connectivity index (χ0) is 22.0. The zero-order valence-corrected chi connectivity index (χ0v) is 19.0. The summed E-state index contributed by atoms with van der Waals surface area (Å²) in [4.78, 5) is 12.4. The van der Waals surface area contributed by atoms with E-state index >= 15 is 0 Å². The highest BCUT2D eigenvalue weighted by Crippen LogP contribution is 2.70. The van der Waals surface area contributed by atoms with Crippen molar-refractivity contribution in [3.63, 3.8) is 0 Å². The lowest BCUT2D eigenvalue weighted by molar-refractivity contribution is -0.390. The normalized spacial score (nSPS) is 41.0. The first-order chi connectivity index (χ1) is 14.7. The molecule has 1 aromatic heterocycles. The van der Waals surface area contributed by atoms with Gasteiger partial charge >= 0.3 is 5.97 Å². The third-order valence-corrected chi connectivity index (χ3v) is 9.61. The van der Waals surface area contributed by atoms with Crippen molar-refractivity contribution in [2.24, 2.45) is 16.7 Å². The number of rotatable bonds is 5. The maximum atomic E-state index is 12.4. The number of cyclic esters (lactones) is 1. The van der Waals surface area contributed by atoms with Crippen LogP contribution in [0.3, 0.4) is 0 Å². The minimum atomic E-state index is -0.498. The molecular weight excluding hydrogens is 414 g/mol. The fraction of sp³-hybridized carbons (Fsp3) is 0.625. The van der Waals surface area contributed by atoms with Gasteiger partial charge < -0.3 is 19.8 Å². The Hall–Kier alpha value is -1.67. The highest BCUT2D eigenvalue weighted by Gasteiger charge is 2.76. The second kappa shape index (κ2) is 7.17. The summed E-state index contributed by atoms with van der Waals surface area (Å²) < 4.78 is 11.5. The molecule has 1 aromatic rings. The van der Waals surface area contributed by atoms with Crippen LogP contribution in [0.1, 0.15) is 46.0 Å². The molecule has 6 atom stereocenters. The first-order valence-electron chi connectivity index (χ1n) is 11.1. The van der Waals surface area contributed by atoms with E-state index in [-0.39, 0.29) is 29.3 Å². The topological polar surface area (TPSA) is 79.2 Å². The van der Waals surface area contributed by atoms with Crippen LogP contribution < -0.4 is 4.74 Å². The smallest absolute Gasteiger partial charge is 0.337 e. The molecule has 2 aliphatic heterocycles. The molecular formula is C24H31NO5S. The Kier molecular flexibility index (Phi) is 4.90. The van der Waals surface area contributed by atoms with Crippen LogP contribution in [0.5, 0.6) is 5.06 Å². The monoisotopic (exact) mass is 445 g/mol. The van der Waals surface area contributed by atoms with E-state index in [1.54, 1.807) is 0 Å². The van der Waals surface area contributed by atoms with Crippen molar-refractivity contribution >= 4 is 17.3 Å². The maximum absolute atomic E-state index is 12.4. The van der Waals surface area contributed by atoms with Crippen LogP contribution in [0.25, 0.3) is 0 Å². The fourth-order valence-electron chi connectivity index (χ4n) is 7.19. The Balaban J connectivity index is 1.51. The summed E-state index contributed by atoms with van der Waals surface area (Å²) in [5.74, 6) is -0.276. The number of hydroxylamine groups is 2. The van der Waals surface area contributed by atoms with Crippen LogP contribution in [-0.4, -0.2) is 52.2 Å². The summed E-state index contributed by atoms with van der Waals surface area (Å²) in [6.07, 6.45) is 4.61. The lowest BCUT2D eigenvalue weighted by atomic mass is 9.38. The summed E-state index contributed by atoms with van der Waals surface area (Å²) >= 11 is 1.50. The SMILES string of the molecule is C=C1CC[C@]23N(O)C[C@]2(C)[C@H](O)CC[C@@]3(C)[C@@H]1CC(Oc1cccs1)C1=CCOC1=O. The van der Waals surface area contributed by atoms with Crippen molar-refractivity contribution in [2.45, 2.75) is 63.7 Å². The highest BCUT2D eigenvalue weighted by molar-refractivity contribution is 7.11. The van der Waals surface area contributed by atoms with E-state index in [0.29, 0.717) is 25.0 Å². The van der Waals surface area contributed by atoms with Crippen molar-refractivity contribution < 1.29 is 24.6 Å². The van der Waals surface area contributed by atoms with Gasteiger partial charge in [-0.25, -0.2) is 4.79 Å². The predicted molar refractivity (Wildman–Crippen MR) is 117 cm³/mol. The van der Waals surface area contributed by atoms with Crippen LogP contribution >= 0.6 is 11.3 Å². The van der Waals surface area contributed by atoms with Gasteiger partial charge in [0.25, 0.3) is 0 Å². The zero-order valence-electron chi connectivity index (χ0n) is 18.2. The Morgan fingerprint density at radius 1 is 1.39 bits per heavy atom. The van der Waals surface area contributed by atoms with Crippen molar-refractivity contribution in [1.82, 2.24) is 5.06 Å². The first-order valence-corrected chi connectivity index (χ1v) is 12.0. The summed E-state index contributed by atoms with van der Waals surface area (Å²) in [5, 5.41) is 26.0. The molecule has 1 spiro atoms. The molecule has 168 valence electrons. The van der Waals surface area contributed by atoms with E-state index in [4.69, 9.17) is 9.47 Å². The second-order valence-corrected chi connectivity index (χ2v) is 11.0. The maximum Gasteiger partial charge on any atom is 0.337 e. The number of nitrogens with zero attached hydrogens (tertiary/aromatic N) is 1. The summed E-state index contributed by atoms with van der Waals surface area (Å²) in [5.41, 5.74) is 0.561. The number of allylic oxidation sites excluding steroid dienone is 1. The standard InChI is InChI=1S/C24H31NO5S/c1-15-6-10-24-22(2,9-7-19(26)23(24,3)14-25(24)28)17(15)13-18(16-8-11-29-21(16)27)30-20-5-4-12-31-20/h4-5,8,12,17-19,26,28H,1,6-7,9-11,13-14H2,2-3H3/t17-,18?,19-,22+,23-,24-/m1/s1. The number of aliphatic hydroxyl groups is 1. The van der Waals surface area contributed by atoms with Crippen LogP contribution in [0.15, 0.2) is 41.3 Å². The molecule has 5 rings (SSSR count). The second-order valence-electron chi connectivity index (χ2n) is 10.1. The molecule has 1 unspecified atom stereocenters. The Bertz CT molecular complexity index is 928. The number of aliphatic hydroxyl groups excluding tert-OH is 1. The number of ether oxygens (including phenoxy) is 2. The van der Waals surface area contributed by atoms with Gasteiger partial charge in [0.1, 0.15) is 12.7 Å². The molecule has 1 saturated heterocycles. The Morgan fingerprint density at radius 2 is 2.19 bits per heavy atom.